The minimum Gasteiger partial charge on any atom is -0.496 e. The quantitative estimate of drug-likeness (QED) is 0.645. The van der Waals surface area contributed by atoms with Gasteiger partial charge in [0.25, 0.3) is 5.91 Å². The van der Waals surface area contributed by atoms with Gasteiger partial charge in [-0.05, 0) is 45.0 Å². The second kappa shape index (κ2) is 8.28. The number of aryl methyl sites for hydroxylation is 1. The van der Waals surface area contributed by atoms with Gasteiger partial charge in [0, 0.05) is 5.56 Å². The molecule has 0 aliphatic rings. The molecular weight excluding hydrogens is 323 g/mol. The first kappa shape index (κ1) is 18.4. The molecule has 25 heavy (non-hydrogen) atoms. The van der Waals surface area contributed by atoms with Crippen LogP contribution in [0.5, 0.6) is 11.5 Å². The molecule has 1 N–H and O–H groups in total. The fraction of sp³-hybridized carbons (Fsp3) is 0.263. The Morgan fingerprint density at radius 2 is 1.92 bits per heavy atom. The molecule has 0 radical (unpaired) electrons. The third kappa shape index (κ3) is 4.79. The second-order valence-corrected chi connectivity index (χ2v) is 5.57. The number of hydrogen-bond acceptors (Lipinski definition) is 4. The van der Waals surface area contributed by atoms with Gasteiger partial charge < -0.3 is 9.47 Å². The normalized spacial score (nSPS) is 12.4. The van der Waals surface area contributed by atoms with Crippen LogP contribution in [0.3, 0.4) is 0 Å². The first-order valence-corrected chi connectivity index (χ1v) is 7.82. The topological polar surface area (TPSA) is 59.9 Å². The molecule has 1 amide bonds. The van der Waals surface area contributed by atoms with Crippen LogP contribution in [0.1, 0.15) is 25.0 Å². The number of hydrogen-bond donors (Lipinski definition) is 1. The molecule has 0 aliphatic heterocycles. The van der Waals surface area contributed by atoms with Crippen LogP contribution >= 0.6 is 0 Å². The molecule has 0 saturated heterocycles. The van der Waals surface area contributed by atoms with Crippen molar-refractivity contribution in [1.29, 1.82) is 0 Å². The molecule has 6 heteroatoms. The van der Waals surface area contributed by atoms with E-state index in [1.807, 2.05) is 25.1 Å². The second-order valence-electron chi connectivity index (χ2n) is 5.57. The number of rotatable bonds is 6. The molecule has 2 aromatic rings. The SMILES string of the molecule is COc1ccc(C)cc1/C(C)=N\NC(=O)[C@@H](C)Oc1ccccc1F. The Morgan fingerprint density at radius 1 is 1.20 bits per heavy atom. The van der Waals surface area contributed by atoms with Gasteiger partial charge in [-0.2, -0.15) is 5.10 Å². The largest absolute Gasteiger partial charge is 0.496 e. The highest BCUT2D eigenvalue weighted by Gasteiger charge is 2.16. The van der Waals surface area contributed by atoms with Crippen LogP contribution in [-0.4, -0.2) is 24.8 Å². The number of para-hydroxylation sites is 1. The number of ether oxygens (including phenoxy) is 2. The van der Waals surface area contributed by atoms with Gasteiger partial charge >= 0.3 is 0 Å². The van der Waals surface area contributed by atoms with Crippen molar-refractivity contribution < 1.29 is 18.7 Å². The molecule has 0 fully saturated rings. The number of hydrazone groups is 1. The molecular formula is C19H21FN2O3. The number of nitrogens with one attached hydrogen (secondary N) is 1. The summed E-state index contributed by atoms with van der Waals surface area (Å²) in [6.07, 6.45) is -0.896. The van der Waals surface area contributed by atoms with Crippen molar-refractivity contribution in [1.82, 2.24) is 5.43 Å². The van der Waals surface area contributed by atoms with E-state index in [2.05, 4.69) is 10.5 Å². The third-order valence-corrected chi connectivity index (χ3v) is 3.59. The van der Waals surface area contributed by atoms with Crippen LogP contribution in [-0.2, 0) is 4.79 Å². The summed E-state index contributed by atoms with van der Waals surface area (Å²) in [6, 6.07) is 11.6. The van der Waals surface area contributed by atoms with Crippen molar-refractivity contribution in [2.45, 2.75) is 26.9 Å². The maximum absolute atomic E-state index is 13.6. The fourth-order valence-corrected chi connectivity index (χ4v) is 2.18. The molecule has 0 bridgehead atoms. The summed E-state index contributed by atoms with van der Waals surface area (Å²) in [5, 5.41) is 4.09. The molecule has 2 rings (SSSR count). The van der Waals surface area contributed by atoms with Gasteiger partial charge in [0.05, 0.1) is 12.8 Å². The number of methoxy groups -OCH3 is 1. The van der Waals surface area contributed by atoms with E-state index in [9.17, 15) is 9.18 Å². The molecule has 5 nitrogen and oxygen atoms in total. The zero-order chi connectivity index (χ0) is 18.4. The summed E-state index contributed by atoms with van der Waals surface area (Å²) in [7, 11) is 1.57. The van der Waals surface area contributed by atoms with Crippen LogP contribution < -0.4 is 14.9 Å². The molecule has 2 aromatic carbocycles. The van der Waals surface area contributed by atoms with Crippen LogP contribution in [0.2, 0.25) is 0 Å². The monoisotopic (exact) mass is 344 g/mol. The predicted molar refractivity (Wildman–Crippen MR) is 94.6 cm³/mol. The van der Waals surface area contributed by atoms with E-state index in [-0.39, 0.29) is 5.75 Å². The number of amides is 1. The van der Waals surface area contributed by atoms with Crippen LogP contribution in [0.25, 0.3) is 0 Å². The Hall–Kier alpha value is -2.89. The van der Waals surface area contributed by atoms with E-state index in [4.69, 9.17) is 9.47 Å². The molecule has 0 spiro atoms. The highest BCUT2D eigenvalue weighted by molar-refractivity contribution is 6.01. The van der Waals surface area contributed by atoms with Gasteiger partial charge in [-0.3, -0.25) is 4.79 Å². The van der Waals surface area contributed by atoms with Crippen molar-refractivity contribution in [3.63, 3.8) is 0 Å². The van der Waals surface area contributed by atoms with E-state index in [0.717, 1.165) is 11.1 Å². The Kier molecular flexibility index (Phi) is 6.11. The summed E-state index contributed by atoms with van der Waals surface area (Å²) in [5.41, 5.74) is 4.86. The predicted octanol–water partition coefficient (Wildman–Crippen LogP) is 3.45. The summed E-state index contributed by atoms with van der Waals surface area (Å²) >= 11 is 0. The Labute approximate surface area is 146 Å². The van der Waals surface area contributed by atoms with Gasteiger partial charge in [0.2, 0.25) is 0 Å². The van der Waals surface area contributed by atoms with Crippen LogP contribution in [0, 0.1) is 12.7 Å². The lowest BCUT2D eigenvalue weighted by Crippen LogP contribution is -2.34. The summed E-state index contributed by atoms with van der Waals surface area (Å²) in [6.45, 7) is 5.25. The van der Waals surface area contributed by atoms with E-state index in [1.54, 1.807) is 26.2 Å². The summed E-state index contributed by atoms with van der Waals surface area (Å²) in [4.78, 5) is 12.1. The Morgan fingerprint density at radius 3 is 2.60 bits per heavy atom. The molecule has 0 aliphatic carbocycles. The minimum absolute atomic E-state index is 0.0196. The van der Waals surface area contributed by atoms with Gasteiger partial charge in [0.15, 0.2) is 17.7 Å². The Balaban J connectivity index is 2.06. The zero-order valence-electron chi connectivity index (χ0n) is 14.7. The minimum atomic E-state index is -0.896. The molecule has 0 saturated carbocycles. The van der Waals surface area contributed by atoms with Gasteiger partial charge in [-0.1, -0.05) is 23.8 Å². The third-order valence-electron chi connectivity index (χ3n) is 3.59. The smallest absolute Gasteiger partial charge is 0.280 e. The van der Waals surface area contributed by atoms with Gasteiger partial charge in [-0.15, -0.1) is 0 Å². The first-order chi connectivity index (χ1) is 11.9. The summed E-state index contributed by atoms with van der Waals surface area (Å²) < 4.78 is 24.2. The summed E-state index contributed by atoms with van der Waals surface area (Å²) in [5.74, 6) is -0.316. The van der Waals surface area contributed by atoms with E-state index < -0.39 is 17.8 Å². The van der Waals surface area contributed by atoms with Crippen molar-refractivity contribution >= 4 is 11.6 Å². The molecule has 0 heterocycles. The number of carbonyl (C=O) groups excluding carboxylic acids is 1. The number of carbonyl (C=O) groups is 1. The lowest BCUT2D eigenvalue weighted by molar-refractivity contribution is -0.127. The average molecular weight is 344 g/mol. The maximum Gasteiger partial charge on any atom is 0.280 e. The molecule has 1 atom stereocenters. The van der Waals surface area contributed by atoms with E-state index >= 15 is 0 Å². The van der Waals surface area contributed by atoms with Crippen molar-refractivity contribution in [2.24, 2.45) is 5.10 Å². The van der Waals surface area contributed by atoms with Crippen molar-refractivity contribution in [3.05, 3.63) is 59.4 Å². The number of halogens is 1. The fourth-order valence-electron chi connectivity index (χ4n) is 2.18. The highest BCUT2D eigenvalue weighted by Crippen LogP contribution is 2.20. The van der Waals surface area contributed by atoms with Crippen molar-refractivity contribution in [3.8, 4) is 11.5 Å². The maximum atomic E-state index is 13.6. The van der Waals surface area contributed by atoms with Crippen LogP contribution in [0.15, 0.2) is 47.6 Å². The number of nitrogens with zero attached hydrogens (tertiary/aromatic N) is 1. The first-order valence-electron chi connectivity index (χ1n) is 7.82. The lowest BCUT2D eigenvalue weighted by atomic mass is 10.1. The average Bonchev–Trinajstić information content (AvgIpc) is 2.61. The highest BCUT2D eigenvalue weighted by atomic mass is 19.1. The zero-order valence-corrected chi connectivity index (χ0v) is 14.7. The van der Waals surface area contributed by atoms with E-state index in [1.165, 1.54) is 19.1 Å². The standard InChI is InChI=1S/C19H21FN2O3/c1-12-9-10-17(24-4)15(11-12)13(2)21-22-19(23)14(3)25-18-8-6-5-7-16(18)20/h5-11,14H,1-4H3,(H,22,23)/b21-13-/t14-/m1/s1. The molecule has 0 aromatic heterocycles. The lowest BCUT2D eigenvalue weighted by Gasteiger charge is -2.14. The van der Waals surface area contributed by atoms with Gasteiger partial charge in [0.1, 0.15) is 5.75 Å². The van der Waals surface area contributed by atoms with Gasteiger partial charge in [-0.25, -0.2) is 9.82 Å². The molecule has 132 valence electrons. The van der Waals surface area contributed by atoms with Crippen LogP contribution in [0.4, 0.5) is 4.39 Å². The number of benzene rings is 2. The van der Waals surface area contributed by atoms with E-state index in [0.29, 0.717) is 11.5 Å². The van der Waals surface area contributed by atoms with Crippen molar-refractivity contribution in [2.75, 3.05) is 7.11 Å². The Bertz CT molecular complexity index is 790. The molecule has 0 unspecified atom stereocenters.